The van der Waals surface area contributed by atoms with Gasteiger partial charge in [0, 0.05) is 19.1 Å². The van der Waals surface area contributed by atoms with Crippen LogP contribution in [-0.2, 0) is 19.1 Å². The summed E-state index contributed by atoms with van der Waals surface area (Å²) in [5.74, 6) is -0.590. The van der Waals surface area contributed by atoms with Crippen LogP contribution in [0.2, 0.25) is 0 Å². The van der Waals surface area contributed by atoms with Gasteiger partial charge in [-0.1, -0.05) is 19.8 Å². The Morgan fingerprint density at radius 3 is 2.50 bits per heavy atom. The monoisotopic (exact) mass is 303 g/mol. The summed E-state index contributed by atoms with van der Waals surface area (Å²) in [5, 5.41) is 2.50. The molecule has 116 valence electrons. The lowest BCUT2D eigenvalue weighted by Gasteiger charge is -2.21. The first kappa shape index (κ1) is 19.0. The van der Waals surface area contributed by atoms with Crippen molar-refractivity contribution < 1.29 is 19.1 Å². The van der Waals surface area contributed by atoms with Gasteiger partial charge in [0.05, 0.1) is 0 Å². The van der Waals surface area contributed by atoms with Gasteiger partial charge in [0.2, 0.25) is 5.91 Å². The minimum absolute atomic E-state index is 0.188. The number of amides is 1. The number of hydrogen-bond donors (Lipinski definition) is 2. The van der Waals surface area contributed by atoms with Gasteiger partial charge in [0.1, 0.15) is 18.4 Å². The Morgan fingerprint density at radius 1 is 1.30 bits per heavy atom. The number of aldehydes is 1. The van der Waals surface area contributed by atoms with Crippen molar-refractivity contribution in [1.82, 2.24) is 5.32 Å². The molecule has 0 aliphatic rings. The third-order valence-electron chi connectivity index (χ3n) is 2.86. The van der Waals surface area contributed by atoms with E-state index >= 15 is 0 Å². The van der Waals surface area contributed by atoms with Crippen molar-refractivity contribution in [3.63, 3.8) is 0 Å². The lowest BCUT2D eigenvalue weighted by molar-refractivity contribution is -0.153. The molecule has 0 aromatic carbocycles. The van der Waals surface area contributed by atoms with Gasteiger partial charge in [0.25, 0.3) is 0 Å². The van der Waals surface area contributed by atoms with Gasteiger partial charge < -0.3 is 14.8 Å². The third-order valence-corrected chi connectivity index (χ3v) is 3.23. The molecule has 6 heteroatoms. The number of hydrogen-bond acceptors (Lipinski definition) is 5. The molecule has 0 aromatic rings. The van der Waals surface area contributed by atoms with Crippen LogP contribution in [0.3, 0.4) is 0 Å². The number of nitrogens with one attached hydrogen (secondary N) is 1. The van der Waals surface area contributed by atoms with Crippen LogP contribution in [0.1, 0.15) is 52.4 Å². The largest absolute Gasteiger partial charge is 0.461 e. The first-order valence-electron chi connectivity index (χ1n) is 7.07. The lowest BCUT2D eigenvalue weighted by Crippen LogP contribution is -2.43. The molecule has 0 aromatic heterocycles. The molecule has 1 N–H and O–H groups in total. The lowest BCUT2D eigenvalue weighted by atomic mass is 10.1. The summed E-state index contributed by atoms with van der Waals surface area (Å²) >= 11 is 4.04. The number of ether oxygens (including phenoxy) is 1. The molecule has 20 heavy (non-hydrogen) atoms. The summed E-state index contributed by atoms with van der Waals surface area (Å²) in [5.41, 5.74) is 0. The van der Waals surface area contributed by atoms with Gasteiger partial charge in [-0.3, -0.25) is 4.79 Å². The topological polar surface area (TPSA) is 72.5 Å². The molecule has 1 amide bonds. The van der Waals surface area contributed by atoms with Crippen molar-refractivity contribution in [2.24, 2.45) is 0 Å². The van der Waals surface area contributed by atoms with Gasteiger partial charge in [-0.25, -0.2) is 4.79 Å². The van der Waals surface area contributed by atoms with E-state index in [1.807, 2.05) is 0 Å². The normalized spacial score (nSPS) is 13.3. The molecular formula is C14H25NO4S. The van der Waals surface area contributed by atoms with Gasteiger partial charge in [-0.05, 0) is 19.3 Å². The van der Waals surface area contributed by atoms with Crippen LogP contribution in [0.15, 0.2) is 0 Å². The summed E-state index contributed by atoms with van der Waals surface area (Å²) in [6.07, 6.45) is 5.30. The summed E-state index contributed by atoms with van der Waals surface area (Å²) in [4.78, 5) is 33.4. The number of carbonyl (C=O) groups excluding carboxylic acids is 3. The van der Waals surface area contributed by atoms with Crippen molar-refractivity contribution in [3.05, 3.63) is 0 Å². The molecule has 0 rings (SSSR count). The summed E-state index contributed by atoms with van der Waals surface area (Å²) in [6.45, 7) is 3.44. The fraction of sp³-hybridized carbons (Fsp3) is 0.786. The molecular weight excluding hydrogens is 278 g/mol. The number of thiol groups is 1. The smallest absolute Gasteiger partial charge is 0.329 e. The van der Waals surface area contributed by atoms with E-state index in [1.54, 1.807) is 0 Å². The first-order valence-corrected chi connectivity index (χ1v) is 7.70. The van der Waals surface area contributed by atoms with Crippen molar-refractivity contribution in [2.45, 2.75) is 64.5 Å². The van der Waals surface area contributed by atoms with Gasteiger partial charge >= 0.3 is 5.97 Å². The van der Waals surface area contributed by atoms with Gasteiger partial charge in [-0.15, -0.1) is 0 Å². The number of esters is 1. The highest BCUT2D eigenvalue weighted by Gasteiger charge is 2.22. The van der Waals surface area contributed by atoms with E-state index in [4.69, 9.17) is 4.74 Å². The highest BCUT2D eigenvalue weighted by atomic mass is 32.1. The molecule has 0 aliphatic heterocycles. The van der Waals surface area contributed by atoms with Crippen LogP contribution < -0.4 is 5.32 Å². The first-order chi connectivity index (χ1) is 9.54. The van der Waals surface area contributed by atoms with Crippen LogP contribution in [-0.4, -0.2) is 36.1 Å². The molecule has 2 atom stereocenters. The van der Waals surface area contributed by atoms with Gasteiger partial charge in [0.15, 0.2) is 0 Å². The minimum Gasteiger partial charge on any atom is -0.461 e. The van der Waals surface area contributed by atoms with Crippen LogP contribution in [0.5, 0.6) is 0 Å². The molecule has 0 spiro atoms. The second kappa shape index (κ2) is 11.8. The zero-order valence-electron chi connectivity index (χ0n) is 12.3. The van der Waals surface area contributed by atoms with Crippen molar-refractivity contribution in [1.29, 1.82) is 0 Å². The molecule has 0 fully saturated rings. The maximum absolute atomic E-state index is 11.9. The number of unbranched alkanes of at least 4 members (excludes halogenated alkanes) is 2. The molecule has 0 saturated carbocycles. The predicted molar refractivity (Wildman–Crippen MR) is 80.8 cm³/mol. The fourth-order valence-corrected chi connectivity index (χ4v) is 2.05. The average Bonchev–Trinajstić information content (AvgIpc) is 2.41. The molecule has 0 bridgehead atoms. The van der Waals surface area contributed by atoms with Crippen LogP contribution >= 0.6 is 12.6 Å². The molecule has 0 heterocycles. The molecule has 0 saturated heterocycles. The Labute approximate surface area is 126 Å². The van der Waals surface area contributed by atoms with E-state index in [2.05, 4.69) is 24.9 Å². The SMILES string of the molecule is CCCCCC(CCC=O)OC(=O)[C@H](CS)NC(C)=O. The summed E-state index contributed by atoms with van der Waals surface area (Å²) in [7, 11) is 0. The third kappa shape index (κ3) is 8.96. The fourth-order valence-electron chi connectivity index (χ4n) is 1.81. The second-order valence-corrected chi connectivity index (χ2v) is 5.10. The Morgan fingerprint density at radius 2 is 2.00 bits per heavy atom. The van der Waals surface area contributed by atoms with Crippen molar-refractivity contribution in [2.75, 3.05) is 5.75 Å². The average molecular weight is 303 g/mol. The van der Waals surface area contributed by atoms with E-state index in [0.717, 1.165) is 32.0 Å². The van der Waals surface area contributed by atoms with Crippen LogP contribution in [0, 0.1) is 0 Å². The van der Waals surface area contributed by atoms with Crippen LogP contribution in [0.25, 0.3) is 0 Å². The minimum atomic E-state index is -0.735. The molecule has 1 unspecified atom stereocenters. The van der Waals surface area contributed by atoms with E-state index in [-0.39, 0.29) is 17.8 Å². The summed E-state index contributed by atoms with van der Waals surface area (Å²) < 4.78 is 5.39. The van der Waals surface area contributed by atoms with E-state index in [0.29, 0.717) is 12.8 Å². The zero-order valence-corrected chi connectivity index (χ0v) is 13.2. The quantitative estimate of drug-likeness (QED) is 0.265. The van der Waals surface area contributed by atoms with Gasteiger partial charge in [-0.2, -0.15) is 12.6 Å². The molecule has 0 aliphatic carbocycles. The van der Waals surface area contributed by atoms with Crippen LogP contribution in [0.4, 0.5) is 0 Å². The van der Waals surface area contributed by atoms with E-state index < -0.39 is 12.0 Å². The zero-order chi connectivity index (χ0) is 15.4. The second-order valence-electron chi connectivity index (χ2n) is 4.73. The Hall–Kier alpha value is -1.04. The highest BCUT2D eigenvalue weighted by molar-refractivity contribution is 7.80. The van der Waals surface area contributed by atoms with Crippen molar-refractivity contribution >= 4 is 30.8 Å². The predicted octanol–water partition coefficient (Wildman–Crippen LogP) is 1.89. The van der Waals surface area contributed by atoms with E-state index in [1.165, 1.54) is 6.92 Å². The molecule has 0 radical (unpaired) electrons. The maximum Gasteiger partial charge on any atom is 0.329 e. The maximum atomic E-state index is 11.9. The van der Waals surface area contributed by atoms with Crippen molar-refractivity contribution in [3.8, 4) is 0 Å². The number of carbonyl (C=O) groups is 3. The Balaban J connectivity index is 4.39. The summed E-state index contributed by atoms with van der Waals surface area (Å²) in [6, 6.07) is -0.735. The highest BCUT2D eigenvalue weighted by Crippen LogP contribution is 2.13. The number of rotatable bonds is 11. The molecule has 5 nitrogen and oxygen atoms in total. The Bertz CT molecular complexity index is 310. The van der Waals surface area contributed by atoms with E-state index in [9.17, 15) is 14.4 Å². The Kier molecular flexibility index (Phi) is 11.1. The standard InChI is InChI=1S/C14H25NO4S/c1-3-4-5-7-12(8-6-9-16)19-14(18)13(10-20)15-11(2)17/h9,12-13,20H,3-8,10H2,1-2H3,(H,15,17)/t12?,13-/m0/s1.